The molecule has 0 N–H and O–H groups in total. The van der Waals surface area contributed by atoms with Gasteiger partial charge in [0.1, 0.15) is 0 Å². The minimum Gasteiger partial charge on any atom is -0.299 e. The zero-order chi connectivity index (χ0) is 16.1. The zero-order valence-electron chi connectivity index (χ0n) is 14.5. The molecule has 0 bridgehead atoms. The fourth-order valence-corrected chi connectivity index (χ4v) is 4.22. The first-order valence-electron chi connectivity index (χ1n) is 9.22. The SMILES string of the molecule is CCCN(CCC)C1CCc2ccccc2C1c1ccccc1. The van der Waals surface area contributed by atoms with E-state index in [1.54, 1.807) is 11.1 Å². The summed E-state index contributed by atoms with van der Waals surface area (Å²) < 4.78 is 0. The van der Waals surface area contributed by atoms with Gasteiger partial charge in [0.25, 0.3) is 0 Å². The van der Waals surface area contributed by atoms with Crippen molar-refractivity contribution in [3.8, 4) is 0 Å². The summed E-state index contributed by atoms with van der Waals surface area (Å²) in [5.41, 5.74) is 4.57. The smallest absolute Gasteiger partial charge is 0.0248 e. The van der Waals surface area contributed by atoms with Crippen molar-refractivity contribution in [3.05, 3.63) is 71.3 Å². The molecule has 0 fully saturated rings. The molecular formula is C22H29N. The summed E-state index contributed by atoms with van der Waals surface area (Å²) >= 11 is 0. The van der Waals surface area contributed by atoms with Crippen LogP contribution in [0.4, 0.5) is 0 Å². The first kappa shape index (κ1) is 16.3. The first-order chi connectivity index (χ1) is 11.3. The van der Waals surface area contributed by atoms with Gasteiger partial charge in [-0.3, -0.25) is 4.90 Å². The maximum atomic E-state index is 2.74. The van der Waals surface area contributed by atoms with E-state index in [0.717, 1.165) is 0 Å². The maximum Gasteiger partial charge on any atom is 0.0248 e. The summed E-state index contributed by atoms with van der Waals surface area (Å²) in [6.45, 7) is 7.03. The van der Waals surface area contributed by atoms with Crippen LogP contribution in [-0.2, 0) is 6.42 Å². The van der Waals surface area contributed by atoms with Crippen LogP contribution in [0, 0.1) is 0 Å². The van der Waals surface area contributed by atoms with Crippen LogP contribution in [0.3, 0.4) is 0 Å². The lowest BCUT2D eigenvalue weighted by Gasteiger charge is -2.41. The summed E-state index contributed by atoms with van der Waals surface area (Å²) in [6.07, 6.45) is 4.96. The molecule has 0 heterocycles. The lowest BCUT2D eigenvalue weighted by atomic mass is 9.75. The van der Waals surface area contributed by atoms with Gasteiger partial charge in [-0.25, -0.2) is 0 Å². The number of benzene rings is 2. The molecule has 1 aliphatic carbocycles. The summed E-state index contributed by atoms with van der Waals surface area (Å²) in [6, 6.07) is 20.8. The number of nitrogens with zero attached hydrogens (tertiary/aromatic N) is 1. The van der Waals surface area contributed by atoms with Crippen LogP contribution in [0.15, 0.2) is 54.6 Å². The number of hydrogen-bond acceptors (Lipinski definition) is 1. The van der Waals surface area contributed by atoms with Gasteiger partial charge in [-0.2, -0.15) is 0 Å². The average Bonchev–Trinajstić information content (AvgIpc) is 2.61. The number of aryl methyl sites for hydroxylation is 1. The van der Waals surface area contributed by atoms with E-state index in [2.05, 4.69) is 73.3 Å². The van der Waals surface area contributed by atoms with Gasteiger partial charge in [0.05, 0.1) is 0 Å². The van der Waals surface area contributed by atoms with Crippen molar-refractivity contribution >= 4 is 0 Å². The van der Waals surface area contributed by atoms with E-state index in [1.165, 1.54) is 44.3 Å². The Morgan fingerprint density at radius 1 is 0.870 bits per heavy atom. The molecule has 0 saturated heterocycles. The van der Waals surface area contributed by atoms with Crippen LogP contribution in [0.25, 0.3) is 0 Å². The highest BCUT2D eigenvalue weighted by atomic mass is 15.2. The molecule has 0 saturated carbocycles. The molecule has 2 aromatic carbocycles. The second-order valence-corrected chi connectivity index (χ2v) is 6.73. The molecule has 2 aromatic rings. The monoisotopic (exact) mass is 307 g/mol. The highest BCUT2D eigenvalue weighted by Gasteiger charge is 2.33. The normalized spacial score (nSPS) is 20.5. The molecule has 0 aromatic heterocycles. The molecule has 122 valence electrons. The van der Waals surface area contributed by atoms with E-state index in [0.29, 0.717) is 12.0 Å². The molecule has 1 heteroatoms. The molecule has 23 heavy (non-hydrogen) atoms. The Bertz CT molecular complexity index is 598. The summed E-state index contributed by atoms with van der Waals surface area (Å²) in [7, 11) is 0. The van der Waals surface area contributed by atoms with Gasteiger partial charge in [-0.15, -0.1) is 0 Å². The van der Waals surface area contributed by atoms with Crippen LogP contribution < -0.4 is 0 Å². The predicted octanol–water partition coefficient (Wildman–Crippen LogP) is 5.26. The number of hydrogen-bond donors (Lipinski definition) is 0. The van der Waals surface area contributed by atoms with E-state index in [1.807, 2.05) is 0 Å². The van der Waals surface area contributed by atoms with Gasteiger partial charge in [-0.05, 0) is 55.5 Å². The summed E-state index contributed by atoms with van der Waals surface area (Å²) in [5.74, 6) is 0.513. The highest BCUT2D eigenvalue weighted by Crippen LogP contribution is 2.39. The number of rotatable bonds is 6. The van der Waals surface area contributed by atoms with Gasteiger partial charge >= 0.3 is 0 Å². The van der Waals surface area contributed by atoms with Crippen LogP contribution >= 0.6 is 0 Å². The Morgan fingerprint density at radius 2 is 1.52 bits per heavy atom. The second-order valence-electron chi connectivity index (χ2n) is 6.73. The standard InChI is InChI=1S/C22H29N/c1-3-16-23(17-4-2)21-15-14-18-10-8-9-13-20(18)22(21)19-11-6-5-7-12-19/h5-13,21-22H,3-4,14-17H2,1-2H3. The van der Waals surface area contributed by atoms with Crippen molar-refractivity contribution in [1.29, 1.82) is 0 Å². The fraction of sp³-hybridized carbons (Fsp3) is 0.455. The third kappa shape index (κ3) is 3.50. The third-order valence-corrected chi connectivity index (χ3v) is 5.13. The average molecular weight is 307 g/mol. The quantitative estimate of drug-likeness (QED) is 0.704. The van der Waals surface area contributed by atoms with Crippen molar-refractivity contribution < 1.29 is 0 Å². The Hall–Kier alpha value is -1.60. The Kier molecular flexibility index (Phi) is 5.51. The molecule has 0 spiro atoms. The van der Waals surface area contributed by atoms with Crippen molar-refractivity contribution in [2.24, 2.45) is 0 Å². The van der Waals surface area contributed by atoms with Crippen LogP contribution in [0.5, 0.6) is 0 Å². The van der Waals surface area contributed by atoms with Gasteiger partial charge in [0.2, 0.25) is 0 Å². The summed E-state index contributed by atoms with van der Waals surface area (Å²) in [4.78, 5) is 2.74. The van der Waals surface area contributed by atoms with E-state index in [4.69, 9.17) is 0 Å². The minimum atomic E-state index is 0.513. The Labute approximate surface area is 141 Å². The molecule has 2 unspecified atom stereocenters. The molecule has 1 aliphatic rings. The van der Waals surface area contributed by atoms with Crippen LogP contribution in [0.1, 0.15) is 55.7 Å². The van der Waals surface area contributed by atoms with Crippen molar-refractivity contribution in [2.75, 3.05) is 13.1 Å². The highest BCUT2D eigenvalue weighted by molar-refractivity contribution is 5.42. The van der Waals surface area contributed by atoms with Crippen molar-refractivity contribution in [2.45, 2.75) is 51.5 Å². The van der Waals surface area contributed by atoms with E-state index >= 15 is 0 Å². The van der Waals surface area contributed by atoms with E-state index in [9.17, 15) is 0 Å². The minimum absolute atomic E-state index is 0.513. The van der Waals surface area contributed by atoms with Crippen LogP contribution in [-0.4, -0.2) is 24.0 Å². The Morgan fingerprint density at radius 3 is 2.22 bits per heavy atom. The first-order valence-corrected chi connectivity index (χ1v) is 9.22. The van der Waals surface area contributed by atoms with Gasteiger partial charge < -0.3 is 0 Å². The molecule has 1 nitrogen and oxygen atoms in total. The van der Waals surface area contributed by atoms with E-state index < -0.39 is 0 Å². The molecule has 3 rings (SSSR count). The zero-order valence-corrected chi connectivity index (χ0v) is 14.5. The van der Waals surface area contributed by atoms with Crippen molar-refractivity contribution in [3.63, 3.8) is 0 Å². The van der Waals surface area contributed by atoms with Crippen LogP contribution in [0.2, 0.25) is 0 Å². The largest absolute Gasteiger partial charge is 0.299 e. The lowest BCUT2D eigenvalue weighted by Crippen LogP contribution is -2.43. The van der Waals surface area contributed by atoms with Gasteiger partial charge in [0.15, 0.2) is 0 Å². The molecule has 0 amide bonds. The van der Waals surface area contributed by atoms with Gasteiger partial charge in [-0.1, -0.05) is 68.4 Å². The lowest BCUT2D eigenvalue weighted by molar-refractivity contribution is 0.165. The third-order valence-electron chi connectivity index (χ3n) is 5.13. The van der Waals surface area contributed by atoms with E-state index in [-0.39, 0.29) is 0 Å². The van der Waals surface area contributed by atoms with Gasteiger partial charge in [0, 0.05) is 12.0 Å². The molecular weight excluding hydrogens is 278 g/mol. The fourth-order valence-electron chi connectivity index (χ4n) is 4.22. The molecule has 0 radical (unpaired) electrons. The topological polar surface area (TPSA) is 3.24 Å². The molecule has 0 aliphatic heterocycles. The summed E-state index contributed by atoms with van der Waals surface area (Å²) in [5, 5.41) is 0. The number of fused-ring (bicyclic) bond motifs is 1. The maximum absolute atomic E-state index is 2.74. The van der Waals surface area contributed by atoms with Crippen molar-refractivity contribution in [1.82, 2.24) is 4.90 Å². The molecule has 2 atom stereocenters. The predicted molar refractivity (Wildman–Crippen MR) is 99.0 cm³/mol. The Balaban J connectivity index is 2.01. The second kappa shape index (κ2) is 7.79.